The lowest BCUT2D eigenvalue weighted by atomic mass is 10.1. The minimum atomic E-state index is 0.0304. The van der Waals surface area contributed by atoms with Gasteiger partial charge in [-0.1, -0.05) is 18.2 Å². The van der Waals surface area contributed by atoms with Crippen LogP contribution in [0.2, 0.25) is 0 Å². The van der Waals surface area contributed by atoms with Gasteiger partial charge in [0.2, 0.25) is 5.91 Å². The number of benzene rings is 1. The lowest BCUT2D eigenvalue weighted by Crippen LogP contribution is -2.40. The molecule has 2 atom stereocenters. The van der Waals surface area contributed by atoms with Gasteiger partial charge in [0.15, 0.2) is 0 Å². The summed E-state index contributed by atoms with van der Waals surface area (Å²) in [6.45, 7) is 4.22. The topological polar surface area (TPSA) is 61.4 Å². The Hall–Kier alpha value is -1.39. The number of carbonyl (C=O) groups excluding carboxylic acids is 1. The molecule has 1 aromatic rings. The lowest BCUT2D eigenvalue weighted by Gasteiger charge is -2.22. The second-order valence-electron chi connectivity index (χ2n) is 6.09. The number of amides is 1. The Morgan fingerprint density at radius 2 is 2.10 bits per heavy atom. The standard InChI is InChI=1S/C17H26N2O2/c1-12-5-3-4-6-15(12)19-17(21)11-13(2)18-16(9-10-20)14-7-8-14/h3-6,13-14,16,18,20H,7-11H2,1-2H3,(H,19,21). The predicted molar refractivity (Wildman–Crippen MR) is 85.2 cm³/mol. The van der Waals surface area contributed by atoms with Gasteiger partial charge in [-0.25, -0.2) is 0 Å². The number of aliphatic hydroxyl groups excluding tert-OH is 1. The summed E-state index contributed by atoms with van der Waals surface area (Å²) in [6, 6.07) is 8.26. The summed E-state index contributed by atoms with van der Waals surface area (Å²) in [5.41, 5.74) is 1.95. The van der Waals surface area contributed by atoms with Crippen LogP contribution in [-0.4, -0.2) is 29.7 Å². The van der Waals surface area contributed by atoms with E-state index in [1.807, 2.05) is 38.1 Å². The number of hydrogen-bond donors (Lipinski definition) is 3. The first-order valence-electron chi connectivity index (χ1n) is 7.82. The third-order valence-electron chi connectivity index (χ3n) is 4.04. The van der Waals surface area contributed by atoms with Crippen molar-refractivity contribution in [3.8, 4) is 0 Å². The molecule has 0 bridgehead atoms. The molecule has 0 aromatic heterocycles. The molecular formula is C17H26N2O2. The van der Waals surface area contributed by atoms with Crippen molar-refractivity contribution in [2.75, 3.05) is 11.9 Å². The largest absolute Gasteiger partial charge is 0.396 e. The summed E-state index contributed by atoms with van der Waals surface area (Å²) in [4.78, 5) is 12.1. The number of aryl methyl sites for hydroxylation is 1. The molecule has 0 heterocycles. The molecule has 2 unspecified atom stereocenters. The Morgan fingerprint density at radius 3 is 2.71 bits per heavy atom. The zero-order valence-electron chi connectivity index (χ0n) is 12.9. The second kappa shape index (κ2) is 7.57. The highest BCUT2D eigenvalue weighted by molar-refractivity contribution is 5.91. The maximum absolute atomic E-state index is 12.1. The fourth-order valence-electron chi connectivity index (χ4n) is 2.71. The molecule has 2 rings (SSSR count). The second-order valence-corrected chi connectivity index (χ2v) is 6.09. The molecule has 4 heteroatoms. The van der Waals surface area contributed by atoms with E-state index in [4.69, 9.17) is 5.11 Å². The summed E-state index contributed by atoms with van der Waals surface area (Å²) >= 11 is 0. The maximum Gasteiger partial charge on any atom is 0.225 e. The van der Waals surface area contributed by atoms with Crippen molar-refractivity contribution >= 4 is 11.6 Å². The van der Waals surface area contributed by atoms with E-state index in [-0.39, 0.29) is 18.6 Å². The molecule has 1 aliphatic rings. The molecule has 3 N–H and O–H groups in total. The summed E-state index contributed by atoms with van der Waals surface area (Å²) in [5, 5.41) is 15.6. The first-order chi connectivity index (χ1) is 10.1. The van der Waals surface area contributed by atoms with Gasteiger partial charge >= 0.3 is 0 Å². The lowest BCUT2D eigenvalue weighted by molar-refractivity contribution is -0.116. The van der Waals surface area contributed by atoms with E-state index in [0.717, 1.165) is 17.7 Å². The van der Waals surface area contributed by atoms with Crippen LogP contribution in [0.3, 0.4) is 0 Å². The molecule has 1 fully saturated rings. The molecular weight excluding hydrogens is 264 g/mol. The van der Waals surface area contributed by atoms with Gasteiger partial charge in [-0.3, -0.25) is 4.79 Å². The van der Waals surface area contributed by atoms with Crippen molar-refractivity contribution < 1.29 is 9.90 Å². The molecule has 116 valence electrons. The summed E-state index contributed by atoms with van der Waals surface area (Å²) < 4.78 is 0. The van der Waals surface area contributed by atoms with Crippen molar-refractivity contribution in [2.24, 2.45) is 5.92 Å². The molecule has 21 heavy (non-hydrogen) atoms. The number of nitrogens with one attached hydrogen (secondary N) is 2. The Morgan fingerprint density at radius 1 is 1.38 bits per heavy atom. The van der Waals surface area contributed by atoms with Crippen LogP contribution < -0.4 is 10.6 Å². The van der Waals surface area contributed by atoms with E-state index in [0.29, 0.717) is 18.4 Å². The normalized spacial score (nSPS) is 17.3. The Balaban J connectivity index is 1.80. The van der Waals surface area contributed by atoms with Gasteiger partial charge in [-0.15, -0.1) is 0 Å². The van der Waals surface area contributed by atoms with E-state index in [2.05, 4.69) is 10.6 Å². The molecule has 0 radical (unpaired) electrons. The van der Waals surface area contributed by atoms with Crippen molar-refractivity contribution in [3.63, 3.8) is 0 Å². The molecule has 0 spiro atoms. The monoisotopic (exact) mass is 290 g/mol. The van der Waals surface area contributed by atoms with Gasteiger partial charge in [0, 0.05) is 30.8 Å². The Kier molecular flexibility index (Phi) is 5.76. The van der Waals surface area contributed by atoms with Crippen molar-refractivity contribution in [2.45, 2.75) is 51.6 Å². The van der Waals surface area contributed by atoms with Crippen LogP contribution in [0.25, 0.3) is 0 Å². The van der Waals surface area contributed by atoms with E-state index in [1.165, 1.54) is 12.8 Å². The average molecular weight is 290 g/mol. The minimum absolute atomic E-state index is 0.0304. The predicted octanol–water partition coefficient (Wildman–Crippen LogP) is 2.46. The average Bonchev–Trinajstić information content (AvgIpc) is 3.25. The zero-order chi connectivity index (χ0) is 15.2. The quantitative estimate of drug-likeness (QED) is 0.689. The smallest absolute Gasteiger partial charge is 0.225 e. The van der Waals surface area contributed by atoms with Gasteiger partial charge in [0.1, 0.15) is 0 Å². The molecule has 1 aromatic carbocycles. The van der Waals surface area contributed by atoms with E-state index in [1.54, 1.807) is 0 Å². The highest BCUT2D eigenvalue weighted by Crippen LogP contribution is 2.34. The Labute approximate surface area is 126 Å². The molecule has 0 aliphatic heterocycles. The van der Waals surface area contributed by atoms with Crippen molar-refractivity contribution in [1.82, 2.24) is 5.32 Å². The first-order valence-corrected chi connectivity index (χ1v) is 7.82. The van der Waals surface area contributed by atoms with Gasteiger partial charge in [-0.2, -0.15) is 0 Å². The van der Waals surface area contributed by atoms with Crippen LogP contribution >= 0.6 is 0 Å². The fourth-order valence-corrected chi connectivity index (χ4v) is 2.71. The van der Waals surface area contributed by atoms with Crippen molar-refractivity contribution in [1.29, 1.82) is 0 Å². The maximum atomic E-state index is 12.1. The number of carbonyl (C=O) groups is 1. The van der Waals surface area contributed by atoms with Crippen LogP contribution in [0, 0.1) is 12.8 Å². The number of aliphatic hydroxyl groups is 1. The molecule has 1 aliphatic carbocycles. The summed E-state index contributed by atoms with van der Waals surface area (Å²) in [6.07, 6.45) is 3.69. The van der Waals surface area contributed by atoms with Gasteiger partial charge < -0.3 is 15.7 Å². The third-order valence-corrected chi connectivity index (χ3v) is 4.04. The van der Waals surface area contributed by atoms with E-state index in [9.17, 15) is 4.79 Å². The summed E-state index contributed by atoms with van der Waals surface area (Å²) in [5.74, 6) is 0.710. The van der Waals surface area contributed by atoms with Crippen molar-refractivity contribution in [3.05, 3.63) is 29.8 Å². The van der Waals surface area contributed by atoms with Gasteiger partial charge in [0.25, 0.3) is 0 Å². The molecule has 0 saturated heterocycles. The van der Waals surface area contributed by atoms with Crippen LogP contribution in [0.15, 0.2) is 24.3 Å². The Bertz CT molecular complexity index is 472. The number of rotatable bonds is 8. The minimum Gasteiger partial charge on any atom is -0.396 e. The summed E-state index contributed by atoms with van der Waals surface area (Å²) in [7, 11) is 0. The highest BCUT2D eigenvalue weighted by atomic mass is 16.3. The third kappa shape index (κ3) is 5.14. The first kappa shape index (κ1) is 16.0. The van der Waals surface area contributed by atoms with E-state index >= 15 is 0 Å². The van der Waals surface area contributed by atoms with Crippen LogP contribution in [0.5, 0.6) is 0 Å². The highest BCUT2D eigenvalue weighted by Gasteiger charge is 2.31. The number of para-hydroxylation sites is 1. The molecule has 4 nitrogen and oxygen atoms in total. The number of hydrogen-bond acceptors (Lipinski definition) is 3. The SMILES string of the molecule is Cc1ccccc1NC(=O)CC(C)NC(CCO)C1CC1. The van der Waals surface area contributed by atoms with E-state index < -0.39 is 0 Å². The molecule has 1 amide bonds. The zero-order valence-corrected chi connectivity index (χ0v) is 12.9. The van der Waals surface area contributed by atoms with Gasteiger partial charge in [-0.05, 0) is 50.7 Å². The van der Waals surface area contributed by atoms with Gasteiger partial charge in [0.05, 0.1) is 0 Å². The van der Waals surface area contributed by atoms with Crippen LogP contribution in [0.4, 0.5) is 5.69 Å². The van der Waals surface area contributed by atoms with Crippen LogP contribution in [-0.2, 0) is 4.79 Å². The molecule has 1 saturated carbocycles. The number of anilines is 1. The fraction of sp³-hybridized carbons (Fsp3) is 0.588. The van der Waals surface area contributed by atoms with Crippen LogP contribution in [0.1, 0.15) is 38.2 Å².